The maximum atomic E-state index is 13.1. The zero-order valence-corrected chi connectivity index (χ0v) is 46.2. The first kappa shape index (κ1) is 68.1. The minimum absolute atomic E-state index is 0.120. The van der Waals surface area contributed by atoms with Crippen molar-refractivity contribution in [2.75, 3.05) is 26.4 Å². The summed E-state index contributed by atoms with van der Waals surface area (Å²) in [5.74, 6) is -0.953. The van der Waals surface area contributed by atoms with E-state index in [4.69, 9.17) is 28.4 Å². The quantitative estimate of drug-likeness (QED) is 0.0171. The van der Waals surface area contributed by atoms with Gasteiger partial charge in [0.05, 0.1) is 19.8 Å². The van der Waals surface area contributed by atoms with E-state index in [1.807, 2.05) is 6.08 Å². The highest BCUT2D eigenvalue weighted by molar-refractivity contribution is 5.70. The second-order valence-corrected chi connectivity index (χ2v) is 21.3. The molecule has 4 unspecified atom stereocenters. The number of carbonyl (C=O) groups excluding carboxylic acids is 2. The Hall–Kier alpha value is -2.02. The van der Waals surface area contributed by atoms with E-state index in [0.29, 0.717) is 19.3 Å². The van der Waals surface area contributed by atoms with Crippen molar-refractivity contribution in [3.8, 4) is 0 Å². The van der Waals surface area contributed by atoms with E-state index < -0.39 is 92.7 Å². The Balaban J connectivity index is 1.73. The molecule has 434 valence electrons. The van der Waals surface area contributed by atoms with Crippen molar-refractivity contribution in [2.45, 2.75) is 312 Å². The number of esters is 2. The number of ether oxygens (including phenoxy) is 6. The van der Waals surface area contributed by atoms with Crippen molar-refractivity contribution in [1.82, 2.24) is 0 Å². The van der Waals surface area contributed by atoms with Gasteiger partial charge in [-0.2, -0.15) is 0 Å². The molecular formula is C59H108O15. The van der Waals surface area contributed by atoms with Crippen LogP contribution in [0.2, 0.25) is 0 Å². The maximum Gasteiger partial charge on any atom is 0.306 e. The fourth-order valence-corrected chi connectivity index (χ4v) is 9.67. The van der Waals surface area contributed by atoms with Crippen molar-refractivity contribution in [3.05, 3.63) is 24.8 Å². The predicted molar refractivity (Wildman–Crippen MR) is 289 cm³/mol. The molecule has 15 nitrogen and oxygen atoms in total. The van der Waals surface area contributed by atoms with Gasteiger partial charge in [0.1, 0.15) is 55.4 Å². The highest BCUT2D eigenvalue weighted by Crippen LogP contribution is 2.27. The van der Waals surface area contributed by atoms with Gasteiger partial charge in [-0.15, -0.1) is 6.58 Å². The van der Waals surface area contributed by atoms with Gasteiger partial charge in [-0.3, -0.25) is 9.59 Å². The van der Waals surface area contributed by atoms with E-state index in [-0.39, 0.29) is 26.1 Å². The summed E-state index contributed by atoms with van der Waals surface area (Å²) in [5.41, 5.74) is 0. The summed E-state index contributed by atoms with van der Waals surface area (Å²) < 4.78 is 33.7. The summed E-state index contributed by atoms with van der Waals surface area (Å²) in [5, 5.41) is 72.3. The molecular weight excluding hydrogens is 949 g/mol. The van der Waals surface area contributed by atoms with Crippen LogP contribution < -0.4 is 0 Å². The lowest BCUT2D eigenvalue weighted by Gasteiger charge is -2.42. The van der Waals surface area contributed by atoms with Gasteiger partial charge in [-0.05, 0) is 44.9 Å². The molecule has 2 heterocycles. The van der Waals surface area contributed by atoms with Crippen LogP contribution in [0.15, 0.2) is 24.8 Å². The fourth-order valence-electron chi connectivity index (χ4n) is 9.67. The zero-order chi connectivity index (χ0) is 53.9. The van der Waals surface area contributed by atoms with Gasteiger partial charge in [0, 0.05) is 12.8 Å². The van der Waals surface area contributed by atoms with E-state index in [0.717, 1.165) is 38.5 Å². The molecule has 11 atom stereocenters. The molecule has 2 aliphatic heterocycles. The molecule has 2 aliphatic rings. The minimum atomic E-state index is -1.77. The molecule has 2 rings (SSSR count). The molecule has 0 amide bonds. The summed E-state index contributed by atoms with van der Waals surface area (Å²) in [6, 6.07) is 0. The first-order valence-electron chi connectivity index (χ1n) is 29.9. The average molecular weight is 1060 g/mol. The molecule has 0 saturated carbocycles. The Morgan fingerprint density at radius 2 is 0.851 bits per heavy atom. The smallest absolute Gasteiger partial charge is 0.306 e. The normalized spacial score (nSPS) is 24.6. The Morgan fingerprint density at radius 3 is 1.32 bits per heavy atom. The van der Waals surface area contributed by atoms with Crippen molar-refractivity contribution in [3.63, 3.8) is 0 Å². The Morgan fingerprint density at radius 1 is 0.459 bits per heavy atom. The van der Waals surface area contributed by atoms with E-state index in [1.165, 1.54) is 167 Å². The topological polar surface area (TPSA) is 231 Å². The summed E-state index contributed by atoms with van der Waals surface area (Å²) in [6.07, 6.45) is 32.5. The third-order valence-corrected chi connectivity index (χ3v) is 14.5. The van der Waals surface area contributed by atoms with E-state index in [9.17, 15) is 45.3 Å². The molecule has 2 fully saturated rings. The molecule has 0 radical (unpaired) electrons. The van der Waals surface area contributed by atoms with Gasteiger partial charge in [0.2, 0.25) is 0 Å². The van der Waals surface area contributed by atoms with E-state index >= 15 is 0 Å². The number of allylic oxidation sites excluding steroid dienone is 3. The summed E-state index contributed by atoms with van der Waals surface area (Å²) in [7, 11) is 0. The third kappa shape index (κ3) is 32.7. The standard InChI is InChI=1S/C59H108O15/c1-3-5-7-9-11-13-15-17-19-20-21-22-23-24-25-26-28-30-32-34-36-38-40-42-51(62)72-47(44-69-50(61)41-39-37-35-33-31-29-27-18-16-14-12-10-8-6-4-2)45-70-58-57(68)55(66)53(64)49(74-58)46-71-59-56(67)54(65)52(63)48(43-60)73-59/h4,34,36,47-49,52-60,63-68H,2-3,5-33,35,37-46H2,1H3/b36-34+/t47-,48+,49+,52-,53-,54?,55?,56?,57?,58+,59+/m1/s1. The zero-order valence-electron chi connectivity index (χ0n) is 46.2. The van der Waals surface area contributed by atoms with E-state index in [2.05, 4.69) is 25.7 Å². The monoisotopic (exact) mass is 1060 g/mol. The van der Waals surface area contributed by atoms with Crippen LogP contribution in [0.4, 0.5) is 0 Å². The largest absolute Gasteiger partial charge is 0.462 e. The number of unbranched alkanes of at least 4 members (excludes halogenated alkanes) is 32. The summed E-state index contributed by atoms with van der Waals surface area (Å²) in [4.78, 5) is 25.9. The molecule has 7 N–H and O–H groups in total. The van der Waals surface area contributed by atoms with Crippen LogP contribution in [-0.4, -0.2) is 142 Å². The third-order valence-electron chi connectivity index (χ3n) is 14.5. The lowest BCUT2D eigenvalue weighted by Crippen LogP contribution is -2.61. The van der Waals surface area contributed by atoms with Crippen LogP contribution >= 0.6 is 0 Å². The fraction of sp³-hybridized carbons (Fsp3) is 0.898. The van der Waals surface area contributed by atoms with Crippen LogP contribution in [0, 0.1) is 0 Å². The minimum Gasteiger partial charge on any atom is -0.462 e. The number of rotatable bonds is 49. The van der Waals surface area contributed by atoms with Gasteiger partial charge in [-0.25, -0.2) is 0 Å². The number of aliphatic hydroxyl groups is 7. The lowest BCUT2D eigenvalue weighted by atomic mass is 9.98. The number of aliphatic hydroxyl groups excluding tert-OH is 7. The number of hydrogen-bond donors (Lipinski definition) is 7. The molecule has 15 heteroatoms. The highest BCUT2D eigenvalue weighted by Gasteiger charge is 2.47. The first-order valence-corrected chi connectivity index (χ1v) is 29.9. The van der Waals surface area contributed by atoms with Gasteiger partial charge in [0.15, 0.2) is 18.7 Å². The predicted octanol–water partition coefficient (Wildman–Crippen LogP) is 10.3. The molecule has 74 heavy (non-hydrogen) atoms. The summed E-state index contributed by atoms with van der Waals surface area (Å²) in [6.45, 7) is 4.15. The second kappa shape index (κ2) is 45.9. The van der Waals surface area contributed by atoms with Crippen molar-refractivity contribution in [2.24, 2.45) is 0 Å². The van der Waals surface area contributed by atoms with Gasteiger partial charge in [0.25, 0.3) is 0 Å². The first-order chi connectivity index (χ1) is 36.0. The molecule has 0 aliphatic carbocycles. The van der Waals surface area contributed by atoms with E-state index in [1.54, 1.807) is 0 Å². The molecule has 0 aromatic carbocycles. The molecule has 0 spiro atoms. The Labute approximate surface area is 447 Å². The molecule has 0 bridgehead atoms. The molecule has 2 saturated heterocycles. The van der Waals surface area contributed by atoms with Crippen LogP contribution in [0.5, 0.6) is 0 Å². The lowest BCUT2D eigenvalue weighted by molar-refractivity contribution is -0.332. The van der Waals surface area contributed by atoms with Crippen LogP contribution in [-0.2, 0) is 38.0 Å². The SMILES string of the molecule is C=CCCCCCCCCCCCCCCCC(=O)OC[C@H](CO[C@H]1O[C@@H](CO[C@H]2O[C@@H](CO)[C@@H](O)C(O)C2O)[C@@H](O)C(O)C1O)OC(=O)CCC/C=C/CCCCCCCCCCCCCCCCCCCC. The molecule has 0 aromatic heterocycles. The second-order valence-electron chi connectivity index (χ2n) is 21.3. The average Bonchev–Trinajstić information content (AvgIpc) is 3.39. The summed E-state index contributed by atoms with van der Waals surface area (Å²) >= 11 is 0. The van der Waals surface area contributed by atoms with Crippen LogP contribution in [0.1, 0.15) is 244 Å². The van der Waals surface area contributed by atoms with Crippen molar-refractivity contribution < 1.29 is 73.8 Å². The van der Waals surface area contributed by atoms with Gasteiger partial charge in [-0.1, -0.05) is 205 Å². The number of hydrogen-bond acceptors (Lipinski definition) is 15. The van der Waals surface area contributed by atoms with Crippen LogP contribution in [0.25, 0.3) is 0 Å². The molecule has 0 aromatic rings. The highest BCUT2D eigenvalue weighted by atomic mass is 16.7. The van der Waals surface area contributed by atoms with Gasteiger partial charge < -0.3 is 64.2 Å². The Bertz CT molecular complexity index is 1370. The van der Waals surface area contributed by atoms with Gasteiger partial charge >= 0.3 is 11.9 Å². The van der Waals surface area contributed by atoms with Crippen LogP contribution in [0.3, 0.4) is 0 Å². The van der Waals surface area contributed by atoms with Crippen molar-refractivity contribution >= 4 is 11.9 Å². The number of carbonyl (C=O) groups is 2. The maximum absolute atomic E-state index is 13.1. The van der Waals surface area contributed by atoms with Crippen molar-refractivity contribution in [1.29, 1.82) is 0 Å². The Kier molecular flexibility index (Phi) is 42.3.